The van der Waals surface area contributed by atoms with Gasteiger partial charge in [-0.05, 0) is 52.2 Å². The van der Waals surface area contributed by atoms with Gasteiger partial charge < -0.3 is 4.90 Å². The van der Waals surface area contributed by atoms with Crippen molar-refractivity contribution in [2.45, 2.75) is 17.2 Å². The maximum atomic E-state index is 13.2. The Morgan fingerprint density at radius 2 is 1.77 bits per heavy atom. The Morgan fingerprint density at radius 1 is 1.00 bits per heavy atom. The molecule has 6 heteroatoms. The van der Waals surface area contributed by atoms with Crippen LogP contribution in [0.15, 0.2) is 70.3 Å². The molecule has 1 saturated heterocycles. The van der Waals surface area contributed by atoms with Crippen LogP contribution in [-0.2, 0) is 12.3 Å². The van der Waals surface area contributed by atoms with Gasteiger partial charge in [-0.2, -0.15) is 16.6 Å². The Bertz CT molecular complexity index is 1020. The largest absolute Gasteiger partial charge is 0.336 e. The van der Waals surface area contributed by atoms with Crippen molar-refractivity contribution in [1.29, 1.82) is 5.26 Å². The van der Waals surface area contributed by atoms with Gasteiger partial charge in [0.05, 0.1) is 17.2 Å². The first-order valence-electron chi connectivity index (χ1n) is 9.96. The van der Waals surface area contributed by atoms with Crippen LogP contribution in [0.1, 0.15) is 27.0 Å². The summed E-state index contributed by atoms with van der Waals surface area (Å²) in [4.78, 5) is 18.6. The fourth-order valence-electron chi connectivity index (χ4n) is 3.53. The predicted octanol–water partition coefficient (Wildman–Crippen LogP) is 4.87. The fraction of sp³-hybridized carbons (Fsp3) is 0.250. The summed E-state index contributed by atoms with van der Waals surface area (Å²) in [5.74, 6) is 1.01. The maximum Gasteiger partial charge on any atom is 0.255 e. The van der Waals surface area contributed by atoms with E-state index in [-0.39, 0.29) is 5.91 Å². The third-order valence-corrected chi connectivity index (χ3v) is 7.12. The standard InChI is InChI=1S/C24H23N3OS2/c25-15-19-5-7-20(8-6-19)16-26-10-12-27(13-11-26)24(28)22-3-1-2-4-23(22)30-18-21-9-14-29-17-21/h1-9,14,17H,10-13,16,18H2. The van der Waals surface area contributed by atoms with Crippen molar-refractivity contribution in [3.63, 3.8) is 0 Å². The normalized spacial score (nSPS) is 14.4. The fourth-order valence-corrected chi connectivity index (χ4v) is 5.29. The molecule has 4 nitrogen and oxygen atoms in total. The van der Waals surface area contributed by atoms with E-state index in [2.05, 4.69) is 27.8 Å². The predicted molar refractivity (Wildman–Crippen MR) is 123 cm³/mol. The lowest BCUT2D eigenvalue weighted by Crippen LogP contribution is -2.48. The molecule has 0 unspecified atom stereocenters. The SMILES string of the molecule is N#Cc1ccc(CN2CCN(C(=O)c3ccccc3SCc3ccsc3)CC2)cc1. The Kier molecular flexibility index (Phi) is 6.85. The lowest BCUT2D eigenvalue weighted by atomic mass is 10.1. The zero-order valence-corrected chi connectivity index (χ0v) is 18.3. The zero-order valence-electron chi connectivity index (χ0n) is 16.7. The molecular formula is C24H23N3OS2. The summed E-state index contributed by atoms with van der Waals surface area (Å²) in [6.07, 6.45) is 0. The molecule has 3 aromatic rings. The van der Waals surface area contributed by atoms with E-state index in [1.165, 1.54) is 11.1 Å². The van der Waals surface area contributed by atoms with E-state index in [0.29, 0.717) is 5.56 Å². The molecule has 0 atom stereocenters. The quantitative estimate of drug-likeness (QED) is 0.521. The molecule has 0 spiro atoms. The highest BCUT2D eigenvalue weighted by Crippen LogP contribution is 2.28. The number of hydrogen-bond acceptors (Lipinski definition) is 5. The highest BCUT2D eigenvalue weighted by atomic mass is 32.2. The number of amides is 1. The van der Waals surface area contributed by atoms with E-state index in [9.17, 15) is 4.79 Å². The molecule has 1 fully saturated rings. The summed E-state index contributed by atoms with van der Waals surface area (Å²) in [6, 6.07) is 20.0. The van der Waals surface area contributed by atoms with E-state index < -0.39 is 0 Å². The van der Waals surface area contributed by atoms with Crippen LogP contribution in [0, 0.1) is 11.3 Å². The maximum absolute atomic E-state index is 13.2. The van der Waals surface area contributed by atoms with Gasteiger partial charge in [-0.1, -0.05) is 24.3 Å². The van der Waals surface area contributed by atoms with E-state index >= 15 is 0 Å². The number of piperazine rings is 1. The van der Waals surface area contributed by atoms with E-state index in [4.69, 9.17) is 5.26 Å². The summed E-state index contributed by atoms with van der Waals surface area (Å²) < 4.78 is 0. The van der Waals surface area contributed by atoms with Crippen LogP contribution in [0.3, 0.4) is 0 Å². The molecule has 0 radical (unpaired) electrons. The van der Waals surface area contributed by atoms with E-state index in [1.54, 1.807) is 23.1 Å². The number of nitriles is 1. The van der Waals surface area contributed by atoms with Crippen molar-refractivity contribution in [2.24, 2.45) is 0 Å². The minimum absolute atomic E-state index is 0.126. The number of benzene rings is 2. The molecule has 1 amide bonds. The van der Waals surface area contributed by atoms with Crippen LogP contribution in [0.25, 0.3) is 0 Å². The third kappa shape index (κ3) is 5.11. The molecule has 0 bridgehead atoms. The monoisotopic (exact) mass is 433 g/mol. The zero-order chi connectivity index (χ0) is 20.8. The van der Waals surface area contributed by atoms with Crippen molar-refractivity contribution in [3.8, 4) is 6.07 Å². The number of thiophene rings is 1. The molecule has 0 saturated carbocycles. The topological polar surface area (TPSA) is 47.3 Å². The smallest absolute Gasteiger partial charge is 0.255 e. The number of thioether (sulfide) groups is 1. The second-order valence-corrected chi connectivity index (χ2v) is 9.09. The first-order valence-corrected chi connectivity index (χ1v) is 11.9. The van der Waals surface area contributed by atoms with Crippen molar-refractivity contribution in [1.82, 2.24) is 9.80 Å². The molecule has 4 rings (SSSR count). The van der Waals surface area contributed by atoms with Crippen LogP contribution in [0.2, 0.25) is 0 Å². The van der Waals surface area contributed by atoms with Crippen LogP contribution >= 0.6 is 23.1 Å². The molecule has 30 heavy (non-hydrogen) atoms. The number of carbonyl (C=O) groups is 1. The van der Waals surface area contributed by atoms with Gasteiger partial charge in [0.2, 0.25) is 0 Å². The van der Waals surface area contributed by atoms with Gasteiger partial charge in [0.25, 0.3) is 5.91 Å². The molecule has 0 N–H and O–H groups in total. The first kappa shape index (κ1) is 20.7. The Hall–Kier alpha value is -2.59. The molecule has 0 aliphatic carbocycles. The summed E-state index contributed by atoms with van der Waals surface area (Å²) in [6.45, 7) is 4.03. The lowest BCUT2D eigenvalue weighted by Gasteiger charge is -2.35. The highest BCUT2D eigenvalue weighted by molar-refractivity contribution is 7.98. The van der Waals surface area contributed by atoms with Crippen LogP contribution in [0.4, 0.5) is 0 Å². The minimum Gasteiger partial charge on any atom is -0.336 e. The van der Waals surface area contributed by atoms with Gasteiger partial charge in [0, 0.05) is 43.4 Å². The van der Waals surface area contributed by atoms with Gasteiger partial charge in [-0.25, -0.2) is 0 Å². The van der Waals surface area contributed by atoms with Crippen molar-refractivity contribution < 1.29 is 4.79 Å². The van der Waals surface area contributed by atoms with Crippen molar-refractivity contribution in [2.75, 3.05) is 26.2 Å². The summed E-state index contributed by atoms with van der Waals surface area (Å²) in [7, 11) is 0. The van der Waals surface area contributed by atoms with Crippen molar-refractivity contribution >= 4 is 29.0 Å². The van der Waals surface area contributed by atoms with E-state index in [1.807, 2.05) is 53.4 Å². The lowest BCUT2D eigenvalue weighted by molar-refractivity contribution is 0.0625. The number of rotatable bonds is 6. The Labute approximate surface area is 185 Å². The second kappa shape index (κ2) is 9.94. The summed E-state index contributed by atoms with van der Waals surface area (Å²) in [5.41, 5.74) is 3.98. The number of hydrogen-bond donors (Lipinski definition) is 0. The Balaban J connectivity index is 1.34. The third-order valence-electron chi connectivity index (χ3n) is 5.24. The van der Waals surface area contributed by atoms with Crippen LogP contribution in [0.5, 0.6) is 0 Å². The number of carbonyl (C=O) groups excluding carboxylic acids is 1. The van der Waals surface area contributed by atoms with Gasteiger partial charge >= 0.3 is 0 Å². The van der Waals surface area contributed by atoms with Crippen LogP contribution < -0.4 is 0 Å². The molecule has 1 aromatic heterocycles. The summed E-state index contributed by atoms with van der Waals surface area (Å²) in [5, 5.41) is 13.2. The summed E-state index contributed by atoms with van der Waals surface area (Å²) >= 11 is 3.43. The van der Waals surface area contributed by atoms with Gasteiger partial charge in [0.1, 0.15) is 0 Å². The highest BCUT2D eigenvalue weighted by Gasteiger charge is 2.23. The van der Waals surface area contributed by atoms with Crippen molar-refractivity contribution in [3.05, 3.63) is 87.6 Å². The van der Waals surface area contributed by atoms with Gasteiger partial charge in [0.15, 0.2) is 0 Å². The Morgan fingerprint density at radius 3 is 2.47 bits per heavy atom. The molecular weight excluding hydrogens is 410 g/mol. The second-order valence-electron chi connectivity index (χ2n) is 7.29. The molecule has 1 aliphatic rings. The molecule has 1 aliphatic heterocycles. The molecule has 2 heterocycles. The van der Waals surface area contributed by atoms with Gasteiger partial charge in [-0.15, -0.1) is 11.8 Å². The average Bonchev–Trinajstić information content (AvgIpc) is 3.32. The number of nitrogens with zero attached hydrogens (tertiary/aromatic N) is 3. The minimum atomic E-state index is 0.126. The van der Waals surface area contributed by atoms with E-state index in [0.717, 1.165) is 48.9 Å². The first-order chi connectivity index (χ1) is 14.7. The van der Waals surface area contributed by atoms with Gasteiger partial charge in [-0.3, -0.25) is 9.69 Å². The van der Waals surface area contributed by atoms with Crippen LogP contribution in [-0.4, -0.2) is 41.9 Å². The molecule has 2 aromatic carbocycles. The molecule has 152 valence electrons. The average molecular weight is 434 g/mol.